The molecule has 0 aromatic heterocycles. The van der Waals surface area contributed by atoms with E-state index in [0.29, 0.717) is 0 Å². The minimum atomic E-state index is -0.400. The molecule has 2 aromatic rings. The van der Waals surface area contributed by atoms with Crippen molar-refractivity contribution >= 4 is 28.1 Å². The number of hydrogen-bond acceptors (Lipinski definition) is 4. The minimum absolute atomic E-state index is 0.102. The van der Waals surface area contributed by atoms with Gasteiger partial charge in [0.1, 0.15) is 0 Å². The van der Waals surface area contributed by atoms with Crippen LogP contribution in [0.5, 0.6) is 0 Å². The molecule has 0 aliphatic carbocycles. The van der Waals surface area contributed by atoms with Gasteiger partial charge >= 0.3 is 0 Å². The number of hydrogen-bond donors (Lipinski definition) is 1. The van der Waals surface area contributed by atoms with E-state index >= 15 is 0 Å². The summed E-state index contributed by atoms with van der Waals surface area (Å²) in [5, 5.41) is 10.6. The van der Waals surface area contributed by atoms with Crippen molar-refractivity contribution in [2.75, 3.05) is 0 Å². The Labute approximate surface area is 108 Å². The predicted octanol–water partition coefficient (Wildman–Crippen LogP) is 4.20. The Kier molecular flexibility index (Phi) is 3.71. The third kappa shape index (κ3) is 2.62. The molecule has 2 rings (SSSR count). The molecule has 0 radical (unpaired) electrons. The van der Waals surface area contributed by atoms with Crippen molar-refractivity contribution in [3.8, 4) is 11.1 Å². The summed E-state index contributed by atoms with van der Waals surface area (Å²) >= 11 is 4.19. The lowest BCUT2D eigenvalue weighted by Gasteiger charge is -2.06. The van der Waals surface area contributed by atoms with E-state index in [9.17, 15) is 10.1 Å². The van der Waals surface area contributed by atoms with E-state index in [1.807, 2.05) is 24.3 Å². The summed E-state index contributed by atoms with van der Waals surface area (Å²) in [6, 6.07) is 14.3. The smallest absolute Gasteiger partial charge is 0.258 e. The second-order valence-corrected chi connectivity index (χ2v) is 4.56. The van der Waals surface area contributed by atoms with Gasteiger partial charge in [0.2, 0.25) is 0 Å². The summed E-state index contributed by atoms with van der Waals surface area (Å²) in [4.78, 5) is 11.2. The molecule has 0 aliphatic heterocycles. The van der Waals surface area contributed by atoms with E-state index in [-0.39, 0.29) is 5.69 Å². The lowest BCUT2D eigenvalue weighted by atomic mass is 10.1. The Morgan fingerprint density at radius 1 is 1.06 bits per heavy atom. The van der Waals surface area contributed by atoms with Crippen LogP contribution in [0, 0.1) is 10.1 Å². The number of nitro benzene ring substituents is 1. The molecule has 0 saturated heterocycles. The molecule has 5 heteroatoms. The van der Waals surface area contributed by atoms with Crippen LogP contribution in [0.1, 0.15) is 0 Å². The molecule has 86 valence electrons. The van der Waals surface area contributed by atoms with Gasteiger partial charge in [-0.2, -0.15) is 0 Å². The molecule has 0 spiro atoms. The van der Waals surface area contributed by atoms with Gasteiger partial charge in [0, 0.05) is 17.0 Å². The fourth-order valence-electron chi connectivity index (χ4n) is 1.55. The molecule has 0 bridgehead atoms. The van der Waals surface area contributed by atoms with E-state index in [1.165, 1.54) is 22.9 Å². The van der Waals surface area contributed by atoms with Crippen molar-refractivity contribution in [3.63, 3.8) is 0 Å². The number of non-ortho nitro benzene ring substituents is 1. The molecule has 0 amide bonds. The third-order valence-corrected chi connectivity index (χ3v) is 3.52. The van der Waals surface area contributed by atoms with E-state index in [0.717, 1.165) is 16.0 Å². The standard InChI is InChI=1S/C12H9NO2S2/c14-13(15)10-7-5-9(6-8-10)11-3-1-2-4-12(11)17-16/h1-8,16H. The zero-order valence-corrected chi connectivity index (χ0v) is 10.4. The maximum atomic E-state index is 10.6. The van der Waals surface area contributed by atoms with E-state index < -0.39 is 4.92 Å². The summed E-state index contributed by atoms with van der Waals surface area (Å²) in [6.07, 6.45) is 0. The van der Waals surface area contributed by atoms with Gasteiger partial charge in [-0.25, -0.2) is 0 Å². The van der Waals surface area contributed by atoms with Crippen LogP contribution in [0.4, 0.5) is 5.69 Å². The van der Waals surface area contributed by atoms with Crippen molar-refractivity contribution < 1.29 is 4.92 Å². The monoisotopic (exact) mass is 263 g/mol. The van der Waals surface area contributed by atoms with Gasteiger partial charge in [-0.3, -0.25) is 10.1 Å². The maximum absolute atomic E-state index is 10.6. The summed E-state index contributed by atoms with van der Waals surface area (Å²) in [5.41, 5.74) is 2.08. The fraction of sp³-hybridized carbons (Fsp3) is 0. The maximum Gasteiger partial charge on any atom is 0.269 e. The molecule has 3 nitrogen and oxygen atoms in total. The van der Waals surface area contributed by atoms with Gasteiger partial charge in [-0.1, -0.05) is 29.0 Å². The van der Waals surface area contributed by atoms with Gasteiger partial charge < -0.3 is 0 Å². The first kappa shape index (κ1) is 12.0. The first-order valence-corrected chi connectivity index (χ1v) is 6.74. The van der Waals surface area contributed by atoms with Gasteiger partial charge in [0.05, 0.1) is 4.92 Å². The van der Waals surface area contributed by atoms with Crippen molar-refractivity contribution in [3.05, 3.63) is 58.6 Å². The molecular formula is C12H9NO2S2. The number of nitrogens with zero attached hydrogens (tertiary/aromatic N) is 1. The Hall–Kier alpha value is -1.46. The highest BCUT2D eigenvalue weighted by molar-refractivity contribution is 8.68. The van der Waals surface area contributed by atoms with E-state index in [4.69, 9.17) is 0 Å². The topological polar surface area (TPSA) is 43.1 Å². The van der Waals surface area contributed by atoms with Crippen molar-refractivity contribution in [1.82, 2.24) is 0 Å². The minimum Gasteiger partial charge on any atom is -0.258 e. The molecule has 0 N–H and O–H groups in total. The van der Waals surface area contributed by atoms with Crippen molar-refractivity contribution in [2.24, 2.45) is 0 Å². The SMILES string of the molecule is O=[N+]([O-])c1ccc(-c2ccccc2SS)cc1. The molecule has 0 aliphatic rings. The van der Waals surface area contributed by atoms with E-state index in [1.54, 1.807) is 12.1 Å². The molecule has 17 heavy (non-hydrogen) atoms. The normalized spacial score (nSPS) is 10.2. The van der Waals surface area contributed by atoms with Crippen LogP contribution in [0.25, 0.3) is 11.1 Å². The second-order valence-electron chi connectivity index (χ2n) is 3.39. The number of benzene rings is 2. The highest BCUT2D eigenvalue weighted by Gasteiger charge is 2.07. The summed E-state index contributed by atoms with van der Waals surface area (Å²) in [7, 11) is 1.36. The summed E-state index contributed by atoms with van der Waals surface area (Å²) in [5.74, 6) is 0. The summed E-state index contributed by atoms with van der Waals surface area (Å²) < 4.78 is 0. The first-order chi connectivity index (χ1) is 8.22. The van der Waals surface area contributed by atoms with Gasteiger partial charge in [-0.05, 0) is 29.3 Å². The fourth-order valence-corrected chi connectivity index (χ4v) is 2.45. The quantitative estimate of drug-likeness (QED) is 0.390. The summed E-state index contributed by atoms with van der Waals surface area (Å²) in [6.45, 7) is 0. The van der Waals surface area contributed by atoms with Gasteiger partial charge in [0.15, 0.2) is 0 Å². The molecular weight excluding hydrogens is 254 g/mol. The average Bonchev–Trinajstić information content (AvgIpc) is 2.39. The highest BCUT2D eigenvalue weighted by Crippen LogP contribution is 2.33. The Morgan fingerprint density at radius 3 is 2.29 bits per heavy atom. The Morgan fingerprint density at radius 2 is 1.71 bits per heavy atom. The predicted molar refractivity (Wildman–Crippen MR) is 73.4 cm³/mol. The zero-order chi connectivity index (χ0) is 12.3. The van der Waals surface area contributed by atoms with Gasteiger partial charge in [0.25, 0.3) is 5.69 Å². The Balaban J connectivity index is 2.43. The molecule has 0 saturated carbocycles. The van der Waals surface area contributed by atoms with Crippen molar-refractivity contribution in [2.45, 2.75) is 4.90 Å². The third-order valence-electron chi connectivity index (χ3n) is 2.37. The first-order valence-electron chi connectivity index (χ1n) is 4.87. The van der Waals surface area contributed by atoms with Gasteiger partial charge in [-0.15, -0.1) is 11.7 Å². The largest absolute Gasteiger partial charge is 0.269 e. The lowest BCUT2D eigenvalue weighted by molar-refractivity contribution is -0.384. The molecule has 2 aromatic carbocycles. The average molecular weight is 263 g/mol. The number of rotatable bonds is 3. The van der Waals surface area contributed by atoms with Crippen LogP contribution in [0.3, 0.4) is 0 Å². The number of nitro groups is 1. The molecule has 0 fully saturated rings. The van der Waals surface area contributed by atoms with Crippen LogP contribution < -0.4 is 0 Å². The lowest BCUT2D eigenvalue weighted by Crippen LogP contribution is -1.87. The van der Waals surface area contributed by atoms with Crippen molar-refractivity contribution in [1.29, 1.82) is 0 Å². The van der Waals surface area contributed by atoms with Crippen LogP contribution in [-0.4, -0.2) is 4.92 Å². The molecule has 0 atom stereocenters. The van der Waals surface area contributed by atoms with Crippen LogP contribution >= 0.6 is 22.5 Å². The second kappa shape index (κ2) is 5.25. The molecule has 0 heterocycles. The highest BCUT2D eigenvalue weighted by atomic mass is 33.1. The Bertz CT molecular complexity index is 540. The number of thiol groups is 1. The van der Waals surface area contributed by atoms with E-state index in [2.05, 4.69) is 11.7 Å². The zero-order valence-electron chi connectivity index (χ0n) is 8.74. The van der Waals surface area contributed by atoms with Crippen LogP contribution in [-0.2, 0) is 0 Å². The molecule has 0 unspecified atom stereocenters. The van der Waals surface area contributed by atoms with Crippen LogP contribution in [0.15, 0.2) is 53.4 Å². The van der Waals surface area contributed by atoms with Crippen LogP contribution in [0.2, 0.25) is 0 Å².